The number of amides is 3. The highest BCUT2D eigenvalue weighted by atomic mass is 16.5. The minimum atomic E-state index is -4.17. The predicted octanol–water partition coefficient (Wildman–Crippen LogP) is 2.15. The molecule has 1 heterocycles. The second kappa shape index (κ2) is 6.67. The van der Waals surface area contributed by atoms with Crippen LogP contribution in [0.25, 0.3) is 0 Å². The molecule has 27 heavy (non-hydrogen) atoms. The molecule has 1 aliphatic carbocycles. The fraction of sp³-hybridized carbons (Fsp3) is 0.850. The fourth-order valence-electron chi connectivity index (χ4n) is 3.76. The van der Waals surface area contributed by atoms with E-state index in [2.05, 4.69) is 0 Å². The van der Waals surface area contributed by atoms with Gasteiger partial charge < -0.3 is 20.3 Å². The Bertz CT molecular complexity index is 1110. The molecule has 2 fully saturated rings. The van der Waals surface area contributed by atoms with Crippen LogP contribution in [-0.2, 0) is 14.3 Å². The van der Waals surface area contributed by atoms with Crippen LogP contribution in [0, 0.1) is 22.7 Å². The molecule has 1 aliphatic heterocycles. The minimum Gasteiger partial charge on any atom is -0.467 e. The van der Waals surface area contributed by atoms with Gasteiger partial charge in [-0.25, -0.2) is 9.59 Å². The number of ether oxygens (including phenoxy) is 1. The van der Waals surface area contributed by atoms with E-state index in [4.69, 9.17) is 29.4 Å². The van der Waals surface area contributed by atoms with Crippen molar-refractivity contribution in [3.63, 3.8) is 0 Å². The molecular weight excluding hydrogens is 346 g/mol. The summed E-state index contributed by atoms with van der Waals surface area (Å²) in [5.41, 5.74) is -8.82. The zero-order valence-corrected chi connectivity index (χ0v) is 15.1. The van der Waals surface area contributed by atoms with E-state index < -0.39 is 99.3 Å². The third kappa shape index (κ3) is 4.22. The quantitative estimate of drug-likeness (QED) is 0.712. The van der Waals surface area contributed by atoms with E-state index in [9.17, 15) is 14.4 Å². The highest BCUT2D eigenvalue weighted by Gasteiger charge is 2.70. The van der Waals surface area contributed by atoms with E-state index >= 15 is 0 Å². The van der Waals surface area contributed by atoms with Crippen LogP contribution >= 0.6 is 0 Å². The third-order valence-electron chi connectivity index (χ3n) is 5.19. The standard InChI is InChI=1S/C20H35N3O4/c1-18(2,3)14(21-17(26)22-19(4,5)6)15(24)23-10-11-12(20(11,7)8)13(23)16(25)27-9/h11-14H,10H2,1-9H3,(H2,21,22,26)/t11-,12-,13-,14+/m0/s1/i1D3,2D3,3D3,4D3,5D3,6D3. The van der Waals surface area contributed by atoms with Crippen LogP contribution in [0.15, 0.2) is 0 Å². The molecule has 0 radical (unpaired) electrons. The molecule has 0 aromatic heterocycles. The Balaban J connectivity index is 2.89. The number of nitrogens with zero attached hydrogens (tertiary/aromatic N) is 1. The Morgan fingerprint density at radius 2 is 1.81 bits per heavy atom. The first-order valence-corrected chi connectivity index (χ1v) is 8.08. The van der Waals surface area contributed by atoms with Crippen LogP contribution in [-0.4, -0.2) is 54.1 Å². The summed E-state index contributed by atoms with van der Waals surface area (Å²) in [6, 6.07) is -6.86. The zero-order chi connectivity index (χ0) is 35.9. The van der Waals surface area contributed by atoms with Crippen LogP contribution < -0.4 is 10.6 Å². The smallest absolute Gasteiger partial charge is 0.328 e. The molecule has 0 aromatic rings. The predicted molar refractivity (Wildman–Crippen MR) is 103 cm³/mol. The van der Waals surface area contributed by atoms with Crippen molar-refractivity contribution in [2.24, 2.45) is 22.7 Å². The number of likely N-dealkylation sites (tertiary alicyclic amines) is 1. The van der Waals surface area contributed by atoms with Gasteiger partial charge in [0.15, 0.2) is 0 Å². The van der Waals surface area contributed by atoms with Crippen LogP contribution in [0.5, 0.6) is 0 Å². The van der Waals surface area contributed by atoms with Crippen molar-refractivity contribution in [2.75, 3.05) is 13.7 Å². The number of carbonyl (C=O) groups excluding carboxylic acids is 3. The molecular formula is C20H35N3O4. The number of methoxy groups -OCH3 is 1. The highest BCUT2D eigenvalue weighted by molar-refractivity contribution is 5.92. The van der Waals surface area contributed by atoms with Crippen LogP contribution in [0.3, 0.4) is 0 Å². The third-order valence-corrected chi connectivity index (χ3v) is 5.19. The lowest BCUT2D eigenvalue weighted by molar-refractivity contribution is -0.154. The van der Waals surface area contributed by atoms with Gasteiger partial charge in [-0.3, -0.25) is 4.79 Å². The first-order valence-electron chi connectivity index (χ1n) is 17.1. The van der Waals surface area contributed by atoms with Crippen LogP contribution in [0.2, 0.25) is 0 Å². The van der Waals surface area contributed by atoms with Crippen LogP contribution in [0.1, 0.15) is 79.6 Å². The molecule has 154 valence electrons. The van der Waals surface area contributed by atoms with Crippen LogP contribution in [0.4, 0.5) is 4.79 Å². The summed E-state index contributed by atoms with van der Waals surface area (Å²) < 4.78 is 147. The van der Waals surface area contributed by atoms with Gasteiger partial charge in [0.25, 0.3) is 0 Å². The van der Waals surface area contributed by atoms with E-state index in [0.717, 1.165) is 7.11 Å². The molecule has 2 aliphatic rings. The van der Waals surface area contributed by atoms with Gasteiger partial charge in [0, 0.05) is 42.7 Å². The minimum absolute atomic E-state index is 0.348. The molecule has 7 nitrogen and oxygen atoms in total. The Labute approximate surface area is 187 Å². The zero-order valence-electron chi connectivity index (χ0n) is 33.1. The van der Waals surface area contributed by atoms with Gasteiger partial charge >= 0.3 is 12.0 Å². The van der Waals surface area contributed by atoms with Crippen molar-refractivity contribution < 1.29 is 43.8 Å². The molecule has 2 N–H and O–H groups in total. The van der Waals surface area contributed by atoms with Gasteiger partial charge in [-0.05, 0) is 37.3 Å². The van der Waals surface area contributed by atoms with Crippen molar-refractivity contribution in [3.05, 3.63) is 0 Å². The van der Waals surface area contributed by atoms with E-state index in [1.54, 1.807) is 13.8 Å². The van der Waals surface area contributed by atoms with Crippen molar-refractivity contribution >= 4 is 17.9 Å². The number of nitrogens with one attached hydrogen (secondary N) is 2. The molecule has 1 saturated carbocycles. The number of esters is 1. The second-order valence-corrected chi connectivity index (χ2v) is 7.50. The summed E-state index contributed by atoms with van der Waals surface area (Å²) >= 11 is 0. The van der Waals surface area contributed by atoms with Crippen molar-refractivity contribution in [1.29, 1.82) is 0 Å². The second-order valence-electron chi connectivity index (χ2n) is 7.50. The monoisotopic (exact) mass is 399 g/mol. The Hall–Kier alpha value is -1.79. The largest absolute Gasteiger partial charge is 0.467 e. The Kier molecular flexibility index (Phi) is 1.87. The maximum Gasteiger partial charge on any atom is 0.328 e. The lowest BCUT2D eigenvalue weighted by atomic mass is 9.85. The van der Waals surface area contributed by atoms with Gasteiger partial charge in [0.05, 0.1) is 7.11 Å². The number of piperidine rings is 1. The molecule has 0 aromatic carbocycles. The summed E-state index contributed by atoms with van der Waals surface area (Å²) in [4.78, 5) is 41.1. The summed E-state index contributed by atoms with van der Waals surface area (Å²) in [7, 11) is 0.965. The number of carbonyl (C=O) groups is 3. The fourth-order valence-corrected chi connectivity index (χ4v) is 3.76. The first kappa shape index (κ1) is 7.56. The number of hydrogen-bond acceptors (Lipinski definition) is 4. The van der Waals surface area contributed by atoms with E-state index in [1.165, 1.54) is 10.6 Å². The lowest BCUT2D eigenvalue weighted by Gasteiger charge is -2.37. The van der Waals surface area contributed by atoms with Gasteiger partial charge in [-0.1, -0.05) is 34.4 Å². The van der Waals surface area contributed by atoms with E-state index in [0.29, 0.717) is 4.90 Å². The molecule has 0 bridgehead atoms. The molecule has 1 saturated heterocycles. The van der Waals surface area contributed by atoms with Gasteiger partial charge in [0.1, 0.15) is 12.1 Å². The summed E-state index contributed by atoms with van der Waals surface area (Å²) in [5.74, 6) is -3.79. The normalized spacial score (nSPS) is 40.1. The molecule has 3 amide bonds. The number of fused-ring (bicyclic) bond motifs is 1. The first-order chi connectivity index (χ1) is 19.6. The average molecular weight is 400 g/mol. The van der Waals surface area contributed by atoms with Crippen molar-refractivity contribution in [1.82, 2.24) is 15.5 Å². The SMILES string of the molecule is [2H]C([2H])([2H])C(NC(=O)N[C@H](C(=O)N1C[C@H]2[C@@H]([C@H]1C(=O)OC)C2(C)C)C(C([2H])([2H])[2H])(C([2H])([2H])[2H])C([2H])([2H])[2H])(C([2H])([2H])[2H])C([2H])([2H])[2H]. The Morgan fingerprint density at radius 3 is 2.33 bits per heavy atom. The van der Waals surface area contributed by atoms with E-state index in [-0.39, 0.29) is 6.54 Å². The summed E-state index contributed by atoms with van der Waals surface area (Å²) in [5, 5.41) is 2.81. The summed E-state index contributed by atoms with van der Waals surface area (Å²) in [6.07, 6.45) is 0. The number of hydrogen-bond donors (Lipinski definition) is 2. The van der Waals surface area contributed by atoms with Crippen molar-refractivity contribution in [3.8, 4) is 0 Å². The van der Waals surface area contributed by atoms with Gasteiger partial charge in [-0.2, -0.15) is 0 Å². The molecule has 4 atom stereocenters. The molecule has 7 heteroatoms. The molecule has 2 rings (SSSR count). The lowest BCUT2D eigenvalue weighted by Crippen LogP contribution is -2.60. The topological polar surface area (TPSA) is 87.7 Å². The summed E-state index contributed by atoms with van der Waals surface area (Å²) in [6.45, 7) is -21.4. The van der Waals surface area contributed by atoms with Gasteiger partial charge in [-0.15, -0.1) is 0 Å². The average Bonchev–Trinajstić information content (AvgIpc) is 3.09. The molecule has 0 spiro atoms. The van der Waals surface area contributed by atoms with Gasteiger partial charge in [0.2, 0.25) is 5.91 Å². The number of rotatable bonds is 3. The van der Waals surface area contributed by atoms with E-state index in [1.807, 2.05) is 0 Å². The maximum absolute atomic E-state index is 14.2. The highest BCUT2D eigenvalue weighted by Crippen LogP contribution is 2.65. The Morgan fingerprint density at radius 1 is 1.19 bits per heavy atom. The maximum atomic E-state index is 14.2. The number of urea groups is 1. The molecule has 0 unspecified atom stereocenters. The van der Waals surface area contributed by atoms with Crippen molar-refractivity contribution in [2.45, 2.75) is 72.6 Å².